The second kappa shape index (κ2) is 6.94. The Hall–Kier alpha value is -2.03. The monoisotopic (exact) mass is 355 g/mol. The fraction of sp³-hybridized carbons (Fsp3) is 0.522. The molecular weight excluding hydrogens is 322 g/mol. The Balaban J connectivity index is 2.34. The van der Waals surface area contributed by atoms with Crippen LogP contribution in [0.5, 0.6) is 5.75 Å². The van der Waals surface area contributed by atoms with Crippen LogP contribution in [0, 0.1) is 13.8 Å². The minimum Gasteiger partial charge on any atom is -0.507 e. The van der Waals surface area contributed by atoms with Crippen molar-refractivity contribution in [1.29, 1.82) is 0 Å². The zero-order chi connectivity index (χ0) is 19.9. The lowest BCUT2D eigenvalue weighted by atomic mass is 9.78. The van der Waals surface area contributed by atoms with Crippen molar-refractivity contribution in [2.24, 2.45) is 0 Å². The number of phenolic OH excluding ortho intramolecular Hbond substituents is 1. The number of ketones is 1. The zero-order valence-electron chi connectivity index (χ0n) is 17.5. The van der Waals surface area contributed by atoms with Crippen LogP contribution in [0.25, 0.3) is 0 Å². The van der Waals surface area contributed by atoms with E-state index in [4.69, 9.17) is 0 Å². The third-order valence-electron chi connectivity index (χ3n) is 4.85. The topological polar surface area (TPSA) is 53.1 Å². The molecule has 0 amide bonds. The van der Waals surface area contributed by atoms with Gasteiger partial charge in [-0.1, -0.05) is 53.7 Å². The summed E-state index contributed by atoms with van der Waals surface area (Å²) in [7, 11) is 0. The first kappa shape index (κ1) is 20.3. The van der Waals surface area contributed by atoms with Crippen LogP contribution in [0.4, 0.5) is 0 Å². The fourth-order valence-electron chi connectivity index (χ4n) is 3.38. The number of Topliss-reactive ketones (excluding diaryl/α,β-unsaturated/α-hetero) is 1. The number of aromatic amines is 1. The quantitative estimate of drug-likeness (QED) is 0.686. The van der Waals surface area contributed by atoms with Gasteiger partial charge in [0.25, 0.3) is 0 Å². The summed E-state index contributed by atoms with van der Waals surface area (Å²) < 4.78 is 0. The number of rotatable bonds is 4. The molecule has 0 saturated heterocycles. The number of aryl methyl sites for hydroxylation is 3. The highest BCUT2D eigenvalue weighted by Crippen LogP contribution is 2.40. The van der Waals surface area contributed by atoms with E-state index < -0.39 is 0 Å². The number of carbonyl (C=O) groups excluding carboxylic acids is 1. The molecule has 2 aromatic rings. The molecule has 0 aliphatic heterocycles. The van der Waals surface area contributed by atoms with Crippen LogP contribution >= 0.6 is 0 Å². The predicted molar refractivity (Wildman–Crippen MR) is 108 cm³/mol. The van der Waals surface area contributed by atoms with Crippen LogP contribution in [-0.4, -0.2) is 15.9 Å². The van der Waals surface area contributed by atoms with E-state index in [9.17, 15) is 9.90 Å². The van der Waals surface area contributed by atoms with Gasteiger partial charge >= 0.3 is 0 Å². The first-order valence-corrected chi connectivity index (χ1v) is 9.37. The number of benzene rings is 1. The minimum atomic E-state index is -0.155. The molecule has 1 aromatic heterocycles. The molecule has 0 aliphatic carbocycles. The summed E-state index contributed by atoms with van der Waals surface area (Å²) in [6.07, 6.45) is 1.13. The van der Waals surface area contributed by atoms with E-state index in [1.807, 2.05) is 19.9 Å². The summed E-state index contributed by atoms with van der Waals surface area (Å²) in [5, 5.41) is 10.8. The maximum Gasteiger partial charge on any atom is 0.179 e. The Bertz CT molecular complexity index is 779. The van der Waals surface area contributed by atoms with E-state index >= 15 is 0 Å². The Morgan fingerprint density at radius 3 is 1.85 bits per heavy atom. The second-order valence-electron chi connectivity index (χ2n) is 9.47. The molecule has 0 bridgehead atoms. The van der Waals surface area contributed by atoms with E-state index in [0.717, 1.165) is 27.9 Å². The molecule has 1 heterocycles. The lowest BCUT2D eigenvalue weighted by molar-refractivity contribution is 0.0978. The molecule has 1 aromatic carbocycles. The molecule has 0 spiro atoms. The van der Waals surface area contributed by atoms with Gasteiger partial charge in [0, 0.05) is 12.1 Å². The third-order valence-corrected chi connectivity index (χ3v) is 4.85. The number of hydrogen-bond donors (Lipinski definition) is 2. The molecule has 3 heteroatoms. The normalized spacial score (nSPS) is 12.5. The first-order valence-electron chi connectivity index (χ1n) is 9.37. The van der Waals surface area contributed by atoms with Crippen molar-refractivity contribution >= 4 is 5.78 Å². The van der Waals surface area contributed by atoms with E-state index in [-0.39, 0.29) is 16.6 Å². The van der Waals surface area contributed by atoms with Crippen molar-refractivity contribution in [3.05, 3.63) is 51.8 Å². The molecule has 0 saturated carbocycles. The number of nitrogens with one attached hydrogen (secondary N) is 1. The minimum absolute atomic E-state index is 0.137. The average molecular weight is 356 g/mol. The van der Waals surface area contributed by atoms with Gasteiger partial charge in [0.1, 0.15) is 5.75 Å². The van der Waals surface area contributed by atoms with Crippen molar-refractivity contribution in [2.75, 3.05) is 0 Å². The summed E-state index contributed by atoms with van der Waals surface area (Å²) >= 11 is 0. The van der Waals surface area contributed by atoms with Crippen LogP contribution in [0.3, 0.4) is 0 Å². The standard InChI is InChI=1S/C23H33NO2/c1-14-11-15(2)24-20(14)19(25)10-9-16-12-17(22(3,4)5)21(26)18(13-16)23(6,7)8/h11-13,24,26H,9-10H2,1-8H3. The number of aromatic nitrogens is 1. The van der Waals surface area contributed by atoms with Crippen molar-refractivity contribution in [3.63, 3.8) is 0 Å². The molecule has 142 valence electrons. The van der Waals surface area contributed by atoms with E-state index in [1.54, 1.807) is 0 Å². The lowest BCUT2D eigenvalue weighted by Gasteiger charge is -2.28. The SMILES string of the molecule is Cc1cc(C)c(C(=O)CCc2cc(C(C)(C)C)c(O)c(C(C)(C)C)c2)[nH]1. The predicted octanol–water partition coefficient (Wildman–Crippen LogP) is 5.75. The lowest BCUT2D eigenvalue weighted by Crippen LogP contribution is -2.18. The Kier molecular flexibility index (Phi) is 5.41. The molecule has 2 rings (SSSR count). The van der Waals surface area contributed by atoms with Gasteiger partial charge < -0.3 is 10.1 Å². The summed E-state index contributed by atoms with van der Waals surface area (Å²) in [6, 6.07) is 6.12. The molecular formula is C23H33NO2. The van der Waals surface area contributed by atoms with Crippen LogP contribution < -0.4 is 0 Å². The van der Waals surface area contributed by atoms with Crippen molar-refractivity contribution < 1.29 is 9.90 Å². The highest BCUT2D eigenvalue weighted by Gasteiger charge is 2.26. The van der Waals surface area contributed by atoms with E-state index in [2.05, 4.69) is 58.7 Å². The maximum absolute atomic E-state index is 12.6. The Morgan fingerprint density at radius 1 is 0.962 bits per heavy atom. The smallest absolute Gasteiger partial charge is 0.179 e. The van der Waals surface area contributed by atoms with Gasteiger partial charge in [0.05, 0.1) is 5.69 Å². The Morgan fingerprint density at radius 2 is 1.46 bits per heavy atom. The molecule has 2 N–H and O–H groups in total. The number of carbonyl (C=O) groups is 1. The van der Waals surface area contributed by atoms with Gasteiger partial charge in [0.2, 0.25) is 0 Å². The molecule has 3 nitrogen and oxygen atoms in total. The maximum atomic E-state index is 12.6. The van der Waals surface area contributed by atoms with E-state index in [0.29, 0.717) is 24.3 Å². The third kappa shape index (κ3) is 4.38. The second-order valence-corrected chi connectivity index (χ2v) is 9.47. The summed E-state index contributed by atoms with van der Waals surface area (Å²) in [5.41, 5.74) is 5.41. The number of aromatic hydroxyl groups is 1. The molecule has 0 fully saturated rings. The van der Waals surface area contributed by atoms with Crippen LogP contribution in [0.15, 0.2) is 18.2 Å². The van der Waals surface area contributed by atoms with Crippen LogP contribution in [0.1, 0.15) is 86.4 Å². The van der Waals surface area contributed by atoms with Gasteiger partial charge in [-0.15, -0.1) is 0 Å². The largest absolute Gasteiger partial charge is 0.507 e. The molecule has 0 radical (unpaired) electrons. The summed E-state index contributed by atoms with van der Waals surface area (Å²) in [6.45, 7) is 16.6. The number of hydrogen-bond acceptors (Lipinski definition) is 2. The molecule has 0 atom stereocenters. The van der Waals surface area contributed by atoms with E-state index in [1.165, 1.54) is 0 Å². The Labute approximate surface area is 157 Å². The molecule has 0 aliphatic rings. The first-order chi connectivity index (χ1) is 11.8. The van der Waals surface area contributed by atoms with Gasteiger partial charge in [0.15, 0.2) is 5.78 Å². The highest BCUT2D eigenvalue weighted by atomic mass is 16.3. The van der Waals surface area contributed by atoms with Gasteiger partial charge in [-0.25, -0.2) is 0 Å². The van der Waals surface area contributed by atoms with Crippen molar-refractivity contribution in [3.8, 4) is 5.75 Å². The summed E-state index contributed by atoms with van der Waals surface area (Å²) in [5.74, 6) is 0.522. The zero-order valence-corrected chi connectivity index (χ0v) is 17.5. The summed E-state index contributed by atoms with van der Waals surface area (Å²) in [4.78, 5) is 15.8. The van der Waals surface area contributed by atoms with Crippen LogP contribution in [-0.2, 0) is 17.3 Å². The van der Waals surface area contributed by atoms with Gasteiger partial charge in [-0.05, 0) is 59.4 Å². The van der Waals surface area contributed by atoms with Crippen LogP contribution in [0.2, 0.25) is 0 Å². The van der Waals surface area contributed by atoms with Crippen molar-refractivity contribution in [2.45, 2.75) is 79.1 Å². The fourth-order valence-corrected chi connectivity index (χ4v) is 3.38. The average Bonchev–Trinajstić information content (AvgIpc) is 2.82. The number of phenols is 1. The van der Waals surface area contributed by atoms with Crippen molar-refractivity contribution in [1.82, 2.24) is 4.98 Å². The highest BCUT2D eigenvalue weighted by molar-refractivity contribution is 5.96. The number of H-pyrrole nitrogens is 1. The molecule has 0 unspecified atom stereocenters. The van der Waals surface area contributed by atoms with Gasteiger partial charge in [-0.3, -0.25) is 4.79 Å². The van der Waals surface area contributed by atoms with Gasteiger partial charge in [-0.2, -0.15) is 0 Å². The molecule has 26 heavy (non-hydrogen) atoms.